The van der Waals surface area contributed by atoms with Gasteiger partial charge in [0.1, 0.15) is 0 Å². The van der Waals surface area contributed by atoms with Gasteiger partial charge < -0.3 is 5.11 Å². The summed E-state index contributed by atoms with van der Waals surface area (Å²) in [5, 5.41) is 15.7. The van der Waals surface area contributed by atoms with Crippen molar-refractivity contribution in [3.63, 3.8) is 0 Å². The fourth-order valence-electron chi connectivity index (χ4n) is 0.158. The van der Waals surface area contributed by atoms with Crippen molar-refractivity contribution in [2.75, 3.05) is 6.61 Å². The Bertz CT molecular complexity index is 91.0. The summed E-state index contributed by atoms with van der Waals surface area (Å²) in [6.07, 6.45) is 1.84. The number of rotatable bonds is 3. The predicted molar refractivity (Wildman–Crippen MR) is 40.1 cm³/mol. The minimum absolute atomic E-state index is 0.378. The van der Waals surface area contributed by atoms with Crippen LogP contribution in [0.5, 0.6) is 0 Å². The van der Waals surface area contributed by atoms with Crippen molar-refractivity contribution in [2.45, 2.75) is 10.1 Å². The van der Waals surface area contributed by atoms with Crippen molar-refractivity contribution in [3.05, 3.63) is 12.7 Å². The summed E-state index contributed by atoms with van der Waals surface area (Å²) in [6, 6.07) is 0. The molecular formula is C6H11NaO3. The molecule has 0 fully saturated rings. The number of aliphatic hydroxyl groups is 1. The number of hydrogen-bond acceptors (Lipinski definition) is 2. The zero-order valence-electron chi connectivity index (χ0n) is 6.21. The van der Waals surface area contributed by atoms with Crippen LogP contribution in [-0.2, 0) is 4.79 Å². The summed E-state index contributed by atoms with van der Waals surface area (Å²) >= 11 is 1.24. The van der Waals surface area contributed by atoms with Gasteiger partial charge in [-0.15, -0.1) is 0 Å². The first-order valence-electron chi connectivity index (χ1n) is 3.15. The average Bonchev–Trinajstić information content (AvgIpc) is 1.91. The first-order chi connectivity index (χ1) is 4.68. The third kappa shape index (κ3) is 24.2. The Morgan fingerprint density at radius 1 is 1.70 bits per heavy atom. The molecule has 0 bridgehead atoms. The molecule has 4 heteroatoms. The number of hydrogen-bond donors (Lipinski definition) is 2. The van der Waals surface area contributed by atoms with Crippen LogP contribution in [-0.4, -0.2) is 50.7 Å². The fraction of sp³-hybridized carbons (Fsp3) is 0.500. The SMILES string of the molecule is C=CC(=O)O.OCC[CH2][Na]. The molecule has 2 N–H and O–H groups in total. The summed E-state index contributed by atoms with van der Waals surface area (Å²) in [5.41, 5.74) is 0. The number of aliphatic hydroxyl groups excluding tert-OH is 1. The molecule has 0 aliphatic rings. The van der Waals surface area contributed by atoms with E-state index in [4.69, 9.17) is 10.2 Å². The van der Waals surface area contributed by atoms with E-state index in [2.05, 4.69) is 6.58 Å². The number of carbonyl (C=O) groups is 1. The molecule has 0 heterocycles. The Morgan fingerprint density at radius 2 is 2.10 bits per heavy atom. The van der Waals surface area contributed by atoms with E-state index in [1.807, 2.05) is 0 Å². The Labute approximate surface area is 78.2 Å². The van der Waals surface area contributed by atoms with Crippen LogP contribution in [0.15, 0.2) is 12.7 Å². The van der Waals surface area contributed by atoms with Gasteiger partial charge in [0, 0.05) is 6.08 Å². The number of carboxylic acids is 1. The second-order valence-electron chi connectivity index (χ2n) is 1.62. The Kier molecular flexibility index (Phi) is 15.3. The van der Waals surface area contributed by atoms with E-state index in [0.29, 0.717) is 6.61 Å². The summed E-state index contributed by atoms with van der Waals surface area (Å²) in [6.45, 7) is 3.34. The topological polar surface area (TPSA) is 57.5 Å². The normalized spacial score (nSPS) is 7.50. The molecule has 0 aliphatic carbocycles. The second kappa shape index (κ2) is 11.9. The summed E-state index contributed by atoms with van der Waals surface area (Å²) in [7, 11) is 0. The maximum atomic E-state index is 9.25. The monoisotopic (exact) mass is 154 g/mol. The van der Waals surface area contributed by atoms with Crippen molar-refractivity contribution in [3.8, 4) is 0 Å². The Balaban J connectivity index is 0. The second-order valence-corrected chi connectivity index (χ2v) is 2.62. The zero-order chi connectivity index (χ0) is 8.41. The Hall–Kier alpha value is 0.170. The minimum atomic E-state index is -0.981. The van der Waals surface area contributed by atoms with Gasteiger partial charge in [-0.1, -0.05) is 6.58 Å². The Morgan fingerprint density at radius 3 is 2.10 bits per heavy atom. The van der Waals surface area contributed by atoms with Gasteiger partial charge in [-0.25, -0.2) is 4.79 Å². The fourth-order valence-corrected chi connectivity index (χ4v) is 0.474. The number of carboxylic acid groups (broad SMARTS) is 1. The molecule has 0 aliphatic heterocycles. The van der Waals surface area contributed by atoms with Gasteiger partial charge in [-0.3, -0.25) is 0 Å². The zero-order valence-corrected chi connectivity index (χ0v) is 8.21. The van der Waals surface area contributed by atoms with Gasteiger partial charge in [0.15, 0.2) is 0 Å². The molecule has 0 aromatic heterocycles. The van der Waals surface area contributed by atoms with Gasteiger partial charge in [0.05, 0.1) is 0 Å². The first-order valence-corrected chi connectivity index (χ1v) is 4.56. The van der Waals surface area contributed by atoms with Crippen LogP contribution in [0, 0.1) is 0 Å². The molecule has 0 radical (unpaired) electrons. The molecule has 54 valence electrons. The van der Waals surface area contributed by atoms with Crippen LogP contribution in [0.4, 0.5) is 0 Å². The van der Waals surface area contributed by atoms with E-state index in [-0.39, 0.29) is 0 Å². The van der Waals surface area contributed by atoms with E-state index in [0.717, 1.165) is 12.5 Å². The third-order valence-corrected chi connectivity index (χ3v) is 1.39. The standard InChI is InChI=1S/C3H4O2.C3H7O.Na/c1-2-3(4)5;1-2-3-4;/h2H,1H2,(H,4,5);4H,1-3H2;. The third-order valence-electron chi connectivity index (χ3n) is 0.686. The van der Waals surface area contributed by atoms with Crippen molar-refractivity contribution >= 4 is 33.9 Å². The van der Waals surface area contributed by atoms with Crippen LogP contribution in [0.25, 0.3) is 0 Å². The van der Waals surface area contributed by atoms with Gasteiger partial charge in [-0.05, 0) is 0 Å². The van der Waals surface area contributed by atoms with Crippen molar-refractivity contribution < 1.29 is 15.0 Å². The van der Waals surface area contributed by atoms with Crippen LogP contribution >= 0.6 is 0 Å². The molecule has 0 rings (SSSR count). The molecule has 0 unspecified atom stereocenters. The van der Waals surface area contributed by atoms with Crippen LogP contribution in [0.3, 0.4) is 0 Å². The molecule has 0 aromatic carbocycles. The molecular weight excluding hydrogens is 143 g/mol. The molecule has 0 amide bonds. The van der Waals surface area contributed by atoms with E-state index in [1.165, 1.54) is 31.6 Å². The van der Waals surface area contributed by atoms with Crippen LogP contribution in [0.2, 0.25) is 3.67 Å². The van der Waals surface area contributed by atoms with Gasteiger partial charge >= 0.3 is 55.7 Å². The van der Waals surface area contributed by atoms with E-state index < -0.39 is 5.97 Å². The van der Waals surface area contributed by atoms with Crippen LogP contribution in [0.1, 0.15) is 6.42 Å². The molecule has 0 aromatic rings. The summed E-state index contributed by atoms with van der Waals surface area (Å²) in [5.74, 6) is -0.981. The molecule has 0 saturated carbocycles. The predicted octanol–water partition coefficient (Wildman–Crippen LogP) is 0.213. The molecule has 3 nitrogen and oxygen atoms in total. The molecule has 10 heavy (non-hydrogen) atoms. The average molecular weight is 154 g/mol. The van der Waals surface area contributed by atoms with Crippen molar-refractivity contribution in [2.24, 2.45) is 0 Å². The first kappa shape index (κ1) is 12.8. The van der Waals surface area contributed by atoms with Gasteiger partial charge in [0.2, 0.25) is 0 Å². The van der Waals surface area contributed by atoms with E-state index in [1.54, 1.807) is 0 Å². The summed E-state index contributed by atoms with van der Waals surface area (Å²) < 4.78 is 1.23. The van der Waals surface area contributed by atoms with Crippen molar-refractivity contribution in [1.29, 1.82) is 0 Å². The van der Waals surface area contributed by atoms with Crippen molar-refractivity contribution in [1.82, 2.24) is 0 Å². The van der Waals surface area contributed by atoms with Gasteiger partial charge in [0.25, 0.3) is 0 Å². The maximum absolute atomic E-state index is 9.25. The van der Waals surface area contributed by atoms with Gasteiger partial charge in [-0.2, -0.15) is 0 Å². The quantitative estimate of drug-likeness (QED) is 0.451. The molecule has 0 saturated heterocycles. The summed E-state index contributed by atoms with van der Waals surface area (Å²) in [4.78, 5) is 9.25. The van der Waals surface area contributed by atoms with E-state index in [9.17, 15) is 4.79 Å². The molecule has 0 spiro atoms. The van der Waals surface area contributed by atoms with E-state index >= 15 is 0 Å². The number of aliphatic carboxylic acids is 1. The molecule has 0 atom stereocenters. The van der Waals surface area contributed by atoms with Crippen LogP contribution < -0.4 is 0 Å².